The van der Waals surface area contributed by atoms with Gasteiger partial charge in [0, 0.05) is 19.6 Å². The van der Waals surface area contributed by atoms with E-state index in [0.717, 1.165) is 37.4 Å². The van der Waals surface area contributed by atoms with E-state index in [-0.39, 0.29) is 19.0 Å². The van der Waals surface area contributed by atoms with Gasteiger partial charge in [-0.1, -0.05) is 12.8 Å². The van der Waals surface area contributed by atoms with Crippen LogP contribution in [0.1, 0.15) is 32.6 Å². The Labute approximate surface area is 155 Å². The van der Waals surface area contributed by atoms with E-state index in [1.165, 1.54) is 37.8 Å². The first-order valence-corrected chi connectivity index (χ1v) is 9.75. The summed E-state index contributed by atoms with van der Waals surface area (Å²) in [5, 5.41) is 13.5. The van der Waals surface area contributed by atoms with E-state index in [0.29, 0.717) is 5.75 Å². The highest BCUT2D eigenvalue weighted by molar-refractivity contribution is 5.80. The van der Waals surface area contributed by atoms with Crippen molar-refractivity contribution in [2.45, 2.75) is 38.7 Å². The highest BCUT2D eigenvalue weighted by Crippen LogP contribution is 2.35. The van der Waals surface area contributed by atoms with Crippen LogP contribution >= 0.6 is 0 Å². The van der Waals surface area contributed by atoms with Gasteiger partial charge < -0.3 is 20.1 Å². The second-order valence-corrected chi connectivity index (χ2v) is 7.32. The smallest absolute Gasteiger partial charge is 0.194 e. The Morgan fingerprint density at radius 1 is 1.27 bits per heavy atom. The zero-order valence-corrected chi connectivity index (χ0v) is 15.5. The molecule has 3 rings (SSSR count). The average Bonchev–Trinajstić information content (AvgIpc) is 3.08. The predicted molar refractivity (Wildman–Crippen MR) is 101 cm³/mol. The topological polar surface area (TPSA) is 57.1 Å². The van der Waals surface area contributed by atoms with Gasteiger partial charge in [0.25, 0.3) is 0 Å². The number of guanidine groups is 1. The second-order valence-electron chi connectivity index (χ2n) is 7.32. The number of halogens is 1. The SMILES string of the molecule is CCNC(=NCC(O)COc1ccc(F)cc1)N1CC2CCCCC2C1. The van der Waals surface area contributed by atoms with Gasteiger partial charge in [-0.2, -0.15) is 0 Å². The molecule has 5 nitrogen and oxygen atoms in total. The third-order valence-electron chi connectivity index (χ3n) is 5.32. The molecule has 2 N–H and O–H groups in total. The van der Waals surface area contributed by atoms with E-state index in [2.05, 4.69) is 22.1 Å². The monoisotopic (exact) mass is 363 g/mol. The van der Waals surface area contributed by atoms with Crippen LogP contribution in [0.15, 0.2) is 29.3 Å². The molecule has 0 amide bonds. The van der Waals surface area contributed by atoms with Gasteiger partial charge in [-0.15, -0.1) is 0 Å². The highest BCUT2D eigenvalue weighted by Gasteiger charge is 2.35. The molecular weight excluding hydrogens is 333 g/mol. The third-order valence-corrected chi connectivity index (χ3v) is 5.32. The molecule has 0 aromatic heterocycles. The van der Waals surface area contributed by atoms with Gasteiger partial charge in [0.05, 0.1) is 6.54 Å². The molecule has 144 valence electrons. The quantitative estimate of drug-likeness (QED) is 0.603. The molecule has 3 atom stereocenters. The van der Waals surface area contributed by atoms with Crippen molar-refractivity contribution in [1.29, 1.82) is 0 Å². The standard InChI is InChI=1S/C20H30FN3O2/c1-2-22-20(24-12-15-5-3-4-6-16(15)13-24)23-11-18(25)14-26-19-9-7-17(21)8-10-19/h7-10,15-16,18,25H,2-6,11-14H2,1H3,(H,22,23). The summed E-state index contributed by atoms with van der Waals surface area (Å²) in [4.78, 5) is 6.97. The maximum absolute atomic E-state index is 12.9. The minimum atomic E-state index is -0.696. The molecule has 1 aliphatic heterocycles. The maximum atomic E-state index is 12.9. The molecule has 3 unspecified atom stereocenters. The molecule has 2 fully saturated rings. The number of benzene rings is 1. The molecule has 6 heteroatoms. The first kappa shape index (κ1) is 19.0. The van der Waals surface area contributed by atoms with Crippen molar-refractivity contribution < 1.29 is 14.2 Å². The number of aliphatic hydroxyl groups excluding tert-OH is 1. The fourth-order valence-corrected chi connectivity index (χ4v) is 3.97. The predicted octanol–water partition coefficient (Wildman–Crippen LogP) is 2.65. The fourth-order valence-electron chi connectivity index (χ4n) is 3.97. The summed E-state index contributed by atoms with van der Waals surface area (Å²) in [7, 11) is 0. The van der Waals surface area contributed by atoms with Crippen LogP contribution in [0.5, 0.6) is 5.75 Å². The first-order valence-electron chi connectivity index (χ1n) is 9.75. The number of fused-ring (bicyclic) bond motifs is 1. The molecular formula is C20H30FN3O2. The lowest BCUT2D eigenvalue weighted by molar-refractivity contribution is 0.114. The Hall–Kier alpha value is -1.82. The first-order chi connectivity index (χ1) is 12.7. The molecule has 1 aromatic carbocycles. The van der Waals surface area contributed by atoms with Crippen LogP contribution in [0.3, 0.4) is 0 Å². The van der Waals surface area contributed by atoms with Gasteiger partial charge in [-0.3, -0.25) is 4.99 Å². The van der Waals surface area contributed by atoms with Crippen LogP contribution in [-0.2, 0) is 0 Å². The highest BCUT2D eigenvalue weighted by atomic mass is 19.1. The van der Waals surface area contributed by atoms with Crippen LogP contribution in [0, 0.1) is 17.7 Å². The summed E-state index contributed by atoms with van der Waals surface area (Å²) in [6.45, 7) is 5.44. The summed E-state index contributed by atoms with van der Waals surface area (Å²) < 4.78 is 18.4. The fraction of sp³-hybridized carbons (Fsp3) is 0.650. The van der Waals surface area contributed by atoms with E-state index >= 15 is 0 Å². The van der Waals surface area contributed by atoms with Crippen molar-refractivity contribution in [2.75, 3.05) is 32.8 Å². The Morgan fingerprint density at radius 2 is 1.92 bits per heavy atom. The Kier molecular flexibility index (Phi) is 6.72. The summed E-state index contributed by atoms with van der Waals surface area (Å²) in [5.74, 6) is 2.72. The number of hydrogen-bond acceptors (Lipinski definition) is 3. The van der Waals surface area contributed by atoms with Gasteiger partial charge in [0.15, 0.2) is 5.96 Å². The van der Waals surface area contributed by atoms with Crippen LogP contribution in [0.4, 0.5) is 4.39 Å². The average molecular weight is 363 g/mol. The molecule has 0 spiro atoms. The molecule has 1 aromatic rings. The number of nitrogens with zero attached hydrogens (tertiary/aromatic N) is 2. The second kappa shape index (κ2) is 9.21. The van der Waals surface area contributed by atoms with Crippen molar-refractivity contribution in [3.8, 4) is 5.75 Å². The molecule has 0 bridgehead atoms. The Morgan fingerprint density at radius 3 is 2.54 bits per heavy atom. The molecule has 1 saturated carbocycles. The number of likely N-dealkylation sites (tertiary alicyclic amines) is 1. The number of rotatable bonds is 6. The van der Waals surface area contributed by atoms with Gasteiger partial charge in [-0.25, -0.2) is 4.39 Å². The molecule has 1 aliphatic carbocycles. The largest absolute Gasteiger partial charge is 0.491 e. The summed E-state index contributed by atoms with van der Waals surface area (Å²) in [6.07, 6.45) is 4.66. The number of ether oxygens (including phenoxy) is 1. The Bertz CT molecular complexity index is 579. The summed E-state index contributed by atoms with van der Waals surface area (Å²) in [6, 6.07) is 5.80. The third kappa shape index (κ3) is 5.10. The van der Waals surface area contributed by atoms with Gasteiger partial charge >= 0.3 is 0 Å². The van der Waals surface area contributed by atoms with Gasteiger partial charge in [-0.05, 0) is 55.9 Å². The molecule has 0 radical (unpaired) electrons. The van der Waals surface area contributed by atoms with E-state index in [1.54, 1.807) is 12.1 Å². The van der Waals surface area contributed by atoms with Crippen LogP contribution < -0.4 is 10.1 Å². The summed E-state index contributed by atoms with van der Waals surface area (Å²) in [5.41, 5.74) is 0. The lowest BCUT2D eigenvalue weighted by Gasteiger charge is -2.22. The van der Waals surface area contributed by atoms with Crippen molar-refractivity contribution in [3.63, 3.8) is 0 Å². The van der Waals surface area contributed by atoms with Crippen LogP contribution in [-0.4, -0.2) is 54.9 Å². The number of nitrogens with one attached hydrogen (secondary N) is 1. The number of aliphatic imine (C=N–C) groups is 1. The van der Waals surface area contributed by atoms with Crippen molar-refractivity contribution in [3.05, 3.63) is 30.1 Å². The molecule has 1 heterocycles. The zero-order chi connectivity index (χ0) is 18.4. The van der Waals surface area contributed by atoms with Gasteiger partial charge in [0.2, 0.25) is 0 Å². The van der Waals surface area contributed by atoms with Crippen molar-refractivity contribution >= 4 is 5.96 Å². The Balaban J connectivity index is 1.50. The zero-order valence-electron chi connectivity index (χ0n) is 15.5. The van der Waals surface area contributed by atoms with E-state index in [4.69, 9.17) is 4.74 Å². The lowest BCUT2D eigenvalue weighted by atomic mass is 9.82. The van der Waals surface area contributed by atoms with Crippen LogP contribution in [0.25, 0.3) is 0 Å². The van der Waals surface area contributed by atoms with Gasteiger partial charge in [0.1, 0.15) is 24.3 Å². The minimum Gasteiger partial charge on any atom is -0.491 e. The van der Waals surface area contributed by atoms with E-state index in [1.807, 2.05) is 0 Å². The van der Waals surface area contributed by atoms with E-state index in [9.17, 15) is 9.50 Å². The molecule has 1 saturated heterocycles. The molecule has 2 aliphatic rings. The number of aliphatic hydroxyl groups is 1. The maximum Gasteiger partial charge on any atom is 0.194 e. The molecule has 26 heavy (non-hydrogen) atoms. The lowest BCUT2D eigenvalue weighted by Crippen LogP contribution is -2.41. The normalized spacial score (nSPS) is 24.3. The number of hydrogen-bond donors (Lipinski definition) is 2. The van der Waals surface area contributed by atoms with Crippen molar-refractivity contribution in [2.24, 2.45) is 16.8 Å². The van der Waals surface area contributed by atoms with E-state index < -0.39 is 6.10 Å². The minimum absolute atomic E-state index is 0.139. The van der Waals surface area contributed by atoms with Crippen LogP contribution in [0.2, 0.25) is 0 Å². The summed E-state index contributed by atoms with van der Waals surface area (Å²) >= 11 is 0. The van der Waals surface area contributed by atoms with Crippen molar-refractivity contribution in [1.82, 2.24) is 10.2 Å².